The molecule has 0 N–H and O–H groups in total. The van der Waals surface area contributed by atoms with E-state index in [1.54, 1.807) is 0 Å². The molecule has 12 heteroatoms. The van der Waals surface area contributed by atoms with Crippen molar-refractivity contribution in [2.45, 2.75) is 17.9 Å². The van der Waals surface area contributed by atoms with Crippen molar-refractivity contribution >= 4 is 6.15 Å². The van der Waals surface area contributed by atoms with Crippen LogP contribution in [0.2, 0.25) is 0 Å². The Morgan fingerprint density at radius 3 is 1.17 bits per heavy atom. The number of nitriles is 3. The van der Waals surface area contributed by atoms with Crippen molar-refractivity contribution in [3.8, 4) is 17.9 Å². The zero-order valence-corrected chi connectivity index (χ0v) is 10.6. The van der Waals surface area contributed by atoms with E-state index >= 15 is 0 Å². The van der Waals surface area contributed by atoms with E-state index in [1.807, 2.05) is 0 Å². The van der Waals surface area contributed by atoms with Gasteiger partial charge < -0.3 is 0 Å². The van der Waals surface area contributed by atoms with Crippen LogP contribution in [0.25, 0.3) is 0 Å². The normalized spacial score (nSPS) is 12.7. The molecule has 0 aliphatic carbocycles. The average Bonchev–Trinajstić information content (AvgIpc) is 2.19. The molecule has 0 aliphatic rings. The van der Waals surface area contributed by atoms with Gasteiger partial charge >= 0.3 is 47.8 Å². The summed E-state index contributed by atoms with van der Waals surface area (Å²) in [5, 5.41) is 24.3. The summed E-state index contributed by atoms with van der Waals surface area (Å²) in [5.74, 6) is -12.1. The molecule has 0 fully saturated rings. The van der Waals surface area contributed by atoms with E-state index in [0.29, 0.717) is 0 Å². The van der Waals surface area contributed by atoms with E-state index in [4.69, 9.17) is 15.8 Å². The van der Waals surface area contributed by atoms with Crippen LogP contribution in [0.5, 0.6) is 0 Å². The van der Waals surface area contributed by atoms with Crippen LogP contribution >= 0.6 is 0 Å². The molecule has 18 heavy (non-hydrogen) atoms. The first kappa shape index (κ1) is 19.4. The largest absolute Gasteiger partial charge is 1.00 e. The quantitative estimate of drug-likeness (QED) is 0.481. The molecule has 0 rings (SSSR count). The van der Waals surface area contributed by atoms with Gasteiger partial charge in [0, 0.05) is 0 Å². The number of nitrogens with zero attached hydrogens (tertiary/aromatic N) is 3. The first-order chi connectivity index (χ1) is 7.43. The Bertz CT molecular complexity index is 404. The molecule has 92 valence electrons. The van der Waals surface area contributed by atoms with E-state index in [0.717, 1.165) is 0 Å². The predicted octanol–water partition coefficient (Wildman–Crippen LogP) is -1.00. The van der Waals surface area contributed by atoms with Gasteiger partial charge in [0.15, 0.2) is 0 Å². The monoisotopic (exact) mass is 281 g/mol. The Hall–Kier alpha value is -0.955. The summed E-state index contributed by atoms with van der Waals surface area (Å²) in [4.78, 5) is 0. The Labute approximate surface area is 118 Å². The van der Waals surface area contributed by atoms with Gasteiger partial charge in [-0.1, -0.05) is 0 Å². The summed E-state index contributed by atoms with van der Waals surface area (Å²) in [5.41, 5.74) is 0. The maximum atomic E-state index is 12.9. The van der Waals surface area contributed by atoms with Crippen LogP contribution in [-0.2, 0) is 0 Å². The fourth-order valence-electron chi connectivity index (χ4n) is 0.791. The molecule has 0 radical (unpaired) electrons. The van der Waals surface area contributed by atoms with E-state index in [2.05, 4.69) is 0 Å². The summed E-state index contributed by atoms with van der Waals surface area (Å²) in [6, 6.07) is 0. The first-order valence-corrected chi connectivity index (χ1v) is 3.65. The molecular weight excluding hydrogens is 281 g/mol. The topological polar surface area (TPSA) is 71.4 Å². The second-order valence-corrected chi connectivity index (χ2v) is 2.95. The fraction of sp³-hybridized carbons (Fsp3) is 0.500. The summed E-state index contributed by atoms with van der Waals surface area (Å²) in [6.07, 6.45) is -11.9. The molecule has 3 nitrogen and oxygen atoms in total. The minimum absolute atomic E-state index is 0. The smallest absolute Gasteiger partial charge is 0.247 e. The van der Waals surface area contributed by atoms with Gasteiger partial charge in [-0.15, -0.1) is 17.9 Å². The summed E-state index contributed by atoms with van der Waals surface area (Å²) in [6.45, 7) is 0. The van der Waals surface area contributed by atoms with E-state index < -0.39 is 24.1 Å². The molecule has 0 aromatic rings. The zero-order chi connectivity index (χ0) is 14.1. The van der Waals surface area contributed by atoms with Crippen LogP contribution in [0.3, 0.4) is 0 Å². The maximum Gasteiger partial charge on any atom is 1.00 e. The van der Waals surface area contributed by atoms with Crippen LogP contribution in [0.4, 0.5) is 30.7 Å². The maximum absolute atomic E-state index is 12.9. The Morgan fingerprint density at radius 2 is 1.00 bits per heavy atom. The number of hydrogen-bond donors (Lipinski definition) is 0. The molecule has 0 bridgehead atoms. The Kier molecular flexibility index (Phi) is 5.77. The zero-order valence-electron chi connectivity index (χ0n) is 8.56. The van der Waals surface area contributed by atoms with Crippen molar-refractivity contribution in [3.05, 3.63) is 0 Å². The second kappa shape index (κ2) is 5.35. The van der Waals surface area contributed by atoms with Gasteiger partial charge in [0.25, 0.3) is 0 Å². The van der Waals surface area contributed by atoms with Crippen LogP contribution in [-0.4, -0.2) is 24.1 Å². The molecule has 0 amide bonds. The van der Waals surface area contributed by atoms with Crippen molar-refractivity contribution < 1.29 is 60.3 Å². The molecule has 0 aromatic heterocycles. The minimum atomic E-state index is -6.69. The Balaban J connectivity index is 0. The van der Waals surface area contributed by atoms with Crippen molar-refractivity contribution in [2.75, 3.05) is 0 Å². The molecule has 0 unspecified atom stereocenters. The van der Waals surface area contributed by atoms with Gasteiger partial charge in [-0.3, -0.25) is 0 Å². The summed E-state index contributed by atoms with van der Waals surface area (Å²) >= 11 is 0. The predicted molar refractivity (Wildman–Crippen MR) is 38.5 cm³/mol. The molecule has 0 saturated carbocycles. The van der Waals surface area contributed by atoms with E-state index in [1.165, 1.54) is 0 Å². The Morgan fingerprint density at radius 1 is 0.722 bits per heavy atom. The molecule has 0 aromatic carbocycles. The third-order valence-electron chi connectivity index (χ3n) is 1.90. The standard InChI is InChI=1S/C6BF7N3.Na/c8-4(9,6(12,13)14)5(10,11)7(1-15,2-16)3-17;/q-1;+1. The van der Waals surface area contributed by atoms with Crippen LogP contribution in [0, 0.1) is 33.7 Å². The van der Waals surface area contributed by atoms with Crippen LogP contribution < -0.4 is 29.6 Å². The molecule has 0 atom stereocenters. The molecule has 0 heterocycles. The number of hydrogen-bond acceptors (Lipinski definition) is 3. The SMILES string of the molecule is N#C[B-](C#N)(C#N)C(F)(F)C(F)(F)C(F)(F)F.[Na+]. The third-order valence-corrected chi connectivity index (χ3v) is 1.90. The van der Waals surface area contributed by atoms with Crippen LogP contribution in [0.15, 0.2) is 0 Å². The van der Waals surface area contributed by atoms with E-state index in [9.17, 15) is 30.7 Å². The third kappa shape index (κ3) is 2.42. The van der Waals surface area contributed by atoms with Crippen LogP contribution in [0.1, 0.15) is 0 Å². The summed E-state index contributed by atoms with van der Waals surface area (Å²) < 4.78 is 85.9. The van der Waals surface area contributed by atoms with Gasteiger partial charge in [0.2, 0.25) is 5.82 Å². The average molecular weight is 281 g/mol. The van der Waals surface area contributed by atoms with Gasteiger partial charge in [0.05, 0.1) is 0 Å². The molecular formula is C6BF7N3Na. The van der Waals surface area contributed by atoms with Gasteiger partial charge in [-0.05, 0) is 0 Å². The van der Waals surface area contributed by atoms with Crippen molar-refractivity contribution in [1.82, 2.24) is 0 Å². The fourth-order valence-corrected chi connectivity index (χ4v) is 0.791. The first-order valence-electron chi connectivity index (χ1n) is 3.65. The molecule has 0 aliphatic heterocycles. The van der Waals surface area contributed by atoms with Crippen molar-refractivity contribution in [3.63, 3.8) is 0 Å². The van der Waals surface area contributed by atoms with Crippen molar-refractivity contribution in [1.29, 1.82) is 15.8 Å². The number of alkyl halides is 7. The summed E-state index contributed by atoms with van der Waals surface area (Å²) in [7, 11) is 0. The van der Waals surface area contributed by atoms with E-state index in [-0.39, 0.29) is 47.5 Å². The van der Waals surface area contributed by atoms with Gasteiger partial charge in [-0.25, -0.2) is 24.6 Å². The van der Waals surface area contributed by atoms with Gasteiger partial charge in [0.1, 0.15) is 0 Å². The molecule has 0 saturated heterocycles. The number of rotatable bonds is 2. The second-order valence-electron chi connectivity index (χ2n) is 2.95. The number of halogens is 7. The molecule has 0 spiro atoms. The minimum Gasteiger partial charge on any atom is -0.247 e. The van der Waals surface area contributed by atoms with Crippen molar-refractivity contribution in [2.24, 2.45) is 0 Å². The van der Waals surface area contributed by atoms with Gasteiger partial charge in [-0.2, -0.15) is 22.0 Å².